The predicted molar refractivity (Wildman–Crippen MR) is 75.3 cm³/mol. The van der Waals surface area contributed by atoms with Crippen LogP contribution < -0.4 is 7.22 Å². The molecule has 0 aliphatic rings. The molecule has 0 saturated heterocycles. The van der Waals surface area contributed by atoms with E-state index in [1.54, 1.807) is 0 Å². The van der Waals surface area contributed by atoms with E-state index in [9.17, 15) is 43.9 Å². The minimum atomic E-state index is -5.64. The Morgan fingerprint density at radius 2 is 0.520 bits per heavy atom. The molecule has 0 unspecified atom stereocenters. The van der Waals surface area contributed by atoms with Crippen LogP contribution in [0.15, 0.2) is 0 Å². The molecule has 2 rings (SSSR count). The number of halogens is 12. The SMILES string of the molecule is Fc1c(F)c(F)c([Te](Br)(Br)c2c(F)c(F)c(F)c(F)c2F)c(F)c1F. The molecule has 0 atom stereocenters. The molecule has 0 fully saturated rings. The van der Waals surface area contributed by atoms with Crippen molar-refractivity contribution < 1.29 is 43.9 Å². The molecule has 0 amide bonds. The normalized spacial score (nSPS) is 12.6. The second-order valence-corrected chi connectivity index (χ2v) is 28.1. The molecule has 2 aromatic carbocycles. The fourth-order valence-corrected chi connectivity index (χ4v) is 13.5. The summed E-state index contributed by atoms with van der Waals surface area (Å²) in [4.78, 5) is 0. The van der Waals surface area contributed by atoms with E-state index in [2.05, 4.69) is 25.5 Å². The van der Waals surface area contributed by atoms with Crippen molar-refractivity contribution in [2.24, 2.45) is 0 Å². The molecule has 138 valence electrons. The van der Waals surface area contributed by atoms with Crippen LogP contribution in [-0.2, 0) is 0 Å². The molecule has 2 aromatic rings. The molecule has 0 radical (unpaired) electrons. The number of hydrogen-bond acceptors (Lipinski definition) is 0. The van der Waals surface area contributed by atoms with Gasteiger partial charge in [0.05, 0.1) is 0 Å². The van der Waals surface area contributed by atoms with Gasteiger partial charge in [-0.15, -0.1) is 0 Å². The first kappa shape index (κ1) is 20.8. The average Bonchev–Trinajstić information content (AvgIpc) is 2.54. The molecular weight excluding hydrogens is 622 g/mol. The summed E-state index contributed by atoms with van der Waals surface area (Å²) in [5.74, 6) is -24.7. The first-order valence-electron chi connectivity index (χ1n) is 5.61. The van der Waals surface area contributed by atoms with E-state index in [-0.39, 0.29) is 0 Å². The molecule has 25 heavy (non-hydrogen) atoms. The van der Waals surface area contributed by atoms with Crippen molar-refractivity contribution in [1.82, 2.24) is 0 Å². The van der Waals surface area contributed by atoms with Crippen molar-refractivity contribution in [2.75, 3.05) is 0 Å². The molecule has 0 heterocycles. The van der Waals surface area contributed by atoms with Crippen LogP contribution >= 0.6 is 25.5 Å². The van der Waals surface area contributed by atoms with Gasteiger partial charge in [0, 0.05) is 0 Å². The summed E-state index contributed by atoms with van der Waals surface area (Å²) in [6.45, 7) is 0. The van der Waals surface area contributed by atoms with E-state index < -0.39 is 79.2 Å². The summed E-state index contributed by atoms with van der Waals surface area (Å²) in [5.41, 5.74) is 0. The Hall–Kier alpha value is -0.510. The molecule has 0 N–H and O–H groups in total. The van der Waals surface area contributed by atoms with Crippen LogP contribution in [0.4, 0.5) is 43.9 Å². The van der Waals surface area contributed by atoms with Gasteiger partial charge in [0.2, 0.25) is 0 Å². The van der Waals surface area contributed by atoms with Gasteiger partial charge in [-0.25, -0.2) is 0 Å². The van der Waals surface area contributed by atoms with Crippen molar-refractivity contribution >= 4 is 46.5 Å². The maximum atomic E-state index is 13.9. The van der Waals surface area contributed by atoms with E-state index in [1.807, 2.05) is 0 Å². The fraction of sp³-hybridized carbons (Fsp3) is 0. The van der Waals surface area contributed by atoms with Crippen LogP contribution in [0, 0.1) is 58.2 Å². The Morgan fingerprint density at radius 1 is 0.360 bits per heavy atom. The van der Waals surface area contributed by atoms with Crippen molar-refractivity contribution in [3.05, 3.63) is 58.2 Å². The third kappa shape index (κ3) is 3.07. The van der Waals surface area contributed by atoms with Crippen molar-refractivity contribution in [1.29, 1.82) is 0 Å². The van der Waals surface area contributed by atoms with Crippen molar-refractivity contribution in [2.45, 2.75) is 0 Å². The Labute approximate surface area is 148 Å². The molecule has 0 nitrogen and oxygen atoms in total. The van der Waals surface area contributed by atoms with Crippen molar-refractivity contribution in [3.8, 4) is 0 Å². The fourth-order valence-electron chi connectivity index (χ4n) is 1.72. The first-order valence-corrected chi connectivity index (χ1v) is 18.4. The van der Waals surface area contributed by atoms with Crippen LogP contribution in [-0.4, -0.2) is 13.8 Å². The van der Waals surface area contributed by atoms with Gasteiger partial charge in [-0.05, 0) is 0 Å². The predicted octanol–water partition coefficient (Wildman–Crippen LogP) is 4.42. The molecule has 13 heteroatoms. The number of benzene rings is 2. The molecule has 0 spiro atoms. The third-order valence-electron chi connectivity index (χ3n) is 2.85. The molecular formula is C12Br2F10Te. The molecule has 0 aliphatic heterocycles. The Bertz CT molecular complexity index is 769. The second-order valence-electron chi connectivity index (χ2n) is 4.27. The Morgan fingerprint density at radius 3 is 0.720 bits per heavy atom. The zero-order valence-electron chi connectivity index (χ0n) is 10.9. The minimum absolute atomic E-state index is 1.72. The van der Waals surface area contributed by atoms with Gasteiger partial charge in [0.25, 0.3) is 0 Å². The zero-order valence-corrected chi connectivity index (χ0v) is 16.4. The molecule has 0 saturated carbocycles. The van der Waals surface area contributed by atoms with E-state index in [0.29, 0.717) is 0 Å². The molecule has 0 aliphatic carbocycles. The summed E-state index contributed by atoms with van der Waals surface area (Å²) in [6.07, 6.45) is 0. The quantitative estimate of drug-likeness (QED) is 0.202. The van der Waals surface area contributed by atoms with Gasteiger partial charge >= 0.3 is 149 Å². The summed E-state index contributed by atoms with van der Waals surface area (Å²) in [6, 6.07) is 0. The van der Waals surface area contributed by atoms with Crippen LogP contribution in [0.1, 0.15) is 0 Å². The average molecular weight is 622 g/mol. The summed E-state index contributed by atoms with van der Waals surface area (Å²) < 4.78 is 131. The Kier molecular flexibility index (Phi) is 5.74. The molecule has 0 bridgehead atoms. The first-order chi connectivity index (χ1) is 11.4. The van der Waals surface area contributed by atoms with Crippen LogP contribution in [0.2, 0.25) is 0 Å². The third-order valence-corrected chi connectivity index (χ3v) is 16.5. The van der Waals surface area contributed by atoms with E-state index in [1.165, 1.54) is 0 Å². The van der Waals surface area contributed by atoms with Gasteiger partial charge in [0.15, 0.2) is 0 Å². The monoisotopic (exact) mass is 622 g/mol. The number of hydrogen-bond donors (Lipinski definition) is 0. The van der Waals surface area contributed by atoms with Crippen LogP contribution in [0.5, 0.6) is 0 Å². The van der Waals surface area contributed by atoms with Crippen LogP contribution in [0.25, 0.3) is 0 Å². The van der Waals surface area contributed by atoms with Gasteiger partial charge in [-0.2, -0.15) is 0 Å². The van der Waals surface area contributed by atoms with E-state index in [4.69, 9.17) is 0 Å². The Balaban J connectivity index is 2.96. The topological polar surface area (TPSA) is 0 Å². The summed E-state index contributed by atoms with van der Waals surface area (Å²) >= 11 is -0.791. The van der Waals surface area contributed by atoms with Gasteiger partial charge in [-0.3, -0.25) is 0 Å². The van der Waals surface area contributed by atoms with E-state index in [0.717, 1.165) is 0 Å². The standard InChI is InChI=1S/C12Br2F10Te/c13-25(14,11-7(21)3(17)1(15)4(18)8(11)22)12-9(23)5(19)2(16)6(20)10(12)24. The van der Waals surface area contributed by atoms with Gasteiger partial charge in [0.1, 0.15) is 0 Å². The van der Waals surface area contributed by atoms with E-state index >= 15 is 0 Å². The second kappa shape index (κ2) is 6.90. The van der Waals surface area contributed by atoms with Gasteiger partial charge in [-0.1, -0.05) is 0 Å². The summed E-state index contributed by atoms with van der Waals surface area (Å²) in [7, 11) is 0. The summed E-state index contributed by atoms with van der Waals surface area (Å²) in [5, 5.41) is 0. The number of rotatable bonds is 2. The maximum absolute atomic E-state index is 13.9. The van der Waals surface area contributed by atoms with Crippen molar-refractivity contribution in [3.63, 3.8) is 0 Å². The molecule has 0 aromatic heterocycles. The van der Waals surface area contributed by atoms with Crippen LogP contribution in [0.3, 0.4) is 0 Å². The van der Waals surface area contributed by atoms with Gasteiger partial charge < -0.3 is 0 Å². The zero-order chi connectivity index (χ0) is 19.4.